The molecule has 2 rings (SSSR count). The molecule has 0 aromatic carbocycles. The van der Waals surface area contributed by atoms with Gasteiger partial charge in [0.25, 0.3) is 0 Å². The average molecular weight is 296 g/mol. The second-order valence-corrected chi connectivity index (χ2v) is 6.76. The van der Waals surface area contributed by atoms with Gasteiger partial charge in [0.1, 0.15) is 0 Å². The Labute approximate surface area is 123 Å². The highest BCUT2D eigenvalue weighted by Gasteiger charge is 2.68. The molecule has 0 aromatic rings. The second-order valence-electron chi connectivity index (χ2n) is 6.76. The van der Waals surface area contributed by atoms with Gasteiger partial charge in [-0.2, -0.15) is 4.89 Å². The molecule has 0 amide bonds. The molecule has 21 heavy (non-hydrogen) atoms. The van der Waals surface area contributed by atoms with E-state index in [0.717, 1.165) is 0 Å². The molecule has 0 radical (unpaired) electrons. The lowest BCUT2D eigenvalue weighted by molar-refractivity contribution is -0.460. The van der Waals surface area contributed by atoms with Gasteiger partial charge in [0.2, 0.25) is 5.79 Å². The van der Waals surface area contributed by atoms with Gasteiger partial charge in [0.05, 0.1) is 16.4 Å². The van der Waals surface area contributed by atoms with Crippen LogP contribution in [-0.2, 0) is 28.9 Å². The topological polar surface area (TPSA) is 78.9 Å². The summed E-state index contributed by atoms with van der Waals surface area (Å²) < 4.78 is 5.40. The Morgan fingerprint density at radius 1 is 1.10 bits per heavy atom. The van der Waals surface area contributed by atoms with E-state index in [-0.39, 0.29) is 11.4 Å². The van der Waals surface area contributed by atoms with Crippen LogP contribution in [0.5, 0.6) is 0 Å². The van der Waals surface area contributed by atoms with Gasteiger partial charge < -0.3 is 4.74 Å². The minimum Gasteiger partial charge on any atom is -0.346 e. The summed E-state index contributed by atoms with van der Waals surface area (Å²) in [4.78, 5) is 47.0. The number of carbonyl (C=O) groups is 3. The van der Waals surface area contributed by atoms with Gasteiger partial charge in [-0.1, -0.05) is 0 Å². The van der Waals surface area contributed by atoms with Crippen LogP contribution in [0.4, 0.5) is 0 Å². The molecule has 6 nitrogen and oxygen atoms in total. The third-order valence-electron chi connectivity index (χ3n) is 4.42. The van der Waals surface area contributed by atoms with Gasteiger partial charge >= 0.3 is 0 Å². The molecule has 1 saturated carbocycles. The third-order valence-corrected chi connectivity index (χ3v) is 4.42. The molecule has 0 saturated heterocycles. The summed E-state index contributed by atoms with van der Waals surface area (Å²) in [5, 5.41) is 0. The molecule has 1 heterocycles. The average Bonchev–Trinajstić information content (AvgIpc) is 2.44. The van der Waals surface area contributed by atoms with Crippen molar-refractivity contribution in [2.24, 2.45) is 10.8 Å². The number of Topliss-reactive ketones (excluding diaryl/α,β-unsaturated/α-hetero) is 2. The first-order chi connectivity index (χ1) is 9.48. The van der Waals surface area contributed by atoms with Crippen LogP contribution in [0.15, 0.2) is 11.6 Å². The lowest BCUT2D eigenvalue weighted by atomic mass is 9.57. The van der Waals surface area contributed by atoms with Crippen molar-refractivity contribution in [3.8, 4) is 0 Å². The molecule has 1 aliphatic carbocycles. The minimum absolute atomic E-state index is 0.139. The lowest BCUT2D eigenvalue weighted by Crippen LogP contribution is -2.67. The van der Waals surface area contributed by atoms with Crippen molar-refractivity contribution in [1.29, 1.82) is 0 Å². The van der Waals surface area contributed by atoms with E-state index < -0.39 is 28.0 Å². The van der Waals surface area contributed by atoms with Crippen molar-refractivity contribution < 1.29 is 28.9 Å². The van der Waals surface area contributed by atoms with Gasteiger partial charge in [-0.15, -0.1) is 0 Å². The summed E-state index contributed by atoms with van der Waals surface area (Å²) >= 11 is 0. The van der Waals surface area contributed by atoms with Crippen molar-refractivity contribution in [1.82, 2.24) is 0 Å². The summed E-state index contributed by atoms with van der Waals surface area (Å²) in [6.45, 7) is 7.86. The molecular weight excluding hydrogens is 276 g/mol. The van der Waals surface area contributed by atoms with Gasteiger partial charge in [-0.25, -0.2) is 4.89 Å². The van der Waals surface area contributed by atoms with Gasteiger partial charge in [-0.05, 0) is 40.7 Å². The minimum atomic E-state index is -1.65. The molecular formula is C15H20O6. The van der Waals surface area contributed by atoms with Crippen LogP contribution in [0.2, 0.25) is 0 Å². The first-order valence-corrected chi connectivity index (χ1v) is 6.70. The monoisotopic (exact) mass is 296 g/mol. The van der Waals surface area contributed by atoms with Crippen molar-refractivity contribution in [3.63, 3.8) is 0 Å². The highest BCUT2D eigenvalue weighted by molar-refractivity contribution is 6.19. The number of hydrogen-bond acceptors (Lipinski definition) is 6. The molecule has 0 unspecified atom stereocenters. The zero-order valence-electron chi connectivity index (χ0n) is 13.1. The maximum atomic E-state index is 12.7. The molecule has 116 valence electrons. The molecule has 0 bridgehead atoms. The molecule has 6 heteroatoms. The molecule has 1 aliphatic heterocycles. The maximum absolute atomic E-state index is 12.7. The number of carbonyl (C=O) groups excluding carboxylic acids is 3. The van der Waals surface area contributed by atoms with E-state index in [9.17, 15) is 14.4 Å². The smallest absolute Gasteiger partial charge is 0.243 e. The number of rotatable bonds is 2. The third kappa shape index (κ3) is 1.79. The predicted molar refractivity (Wildman–Crippen MR) is 72.0 cm³/mol. The number of hydrogen-bond donors (Lipinski definition) is 0. The lowest BCUT2D eigenvalue weighted by Gasteiger charge is -2.53. The number of ketones is 2. The molecule has 0 aromatic heterocycles. The summed E-state index contributed by atoms with van der Waals surface area (Å²) in [5.74, 6) is -2.39. The Balaban J connectivity index is 2.76. The summed E-state index contributed by atoms with van der Waals surface area (Å²) in [7, 11) is 1.33. The Morgan fingerprint density at radius 3 is 2.14 bits per heavy atom. The summed E-state index contributed by atoms with van der Waals surface area (Å²) in [6.07, 6.45) is 1.91. The molecule has 0 N–H and O–H groups in total. The largest absolute Gasteiger partial charge is 0.346 e. The fourth-order valence-electron chi connectivity index (χ4n) is 3.08. The second kappa shape index (κ2) is 4.32. The van der Waals surface area contributed by atoms with E-state index in [1.807, 2.05) is 0 Å². The van der Waals surface area contributed by atoms with Crippen LogP contribution >= 0.6 is 0 Å². The maximum Gasteiger partial charge on any atom is 0.243 e. The van der Waals surface area contributed by atoms with E-state index >= 15 is 0 Å². The number of aldehydes is 1. The molecule has 2 atom stereocenters. The number of fused-ring (bicyclic) bond motifs is 1. The fraction of sp³-hybridized carbons (Fsp3) is 0.667. The highest BCUT2D eigenvalue weighted by Crippen LogP contribution is 2.54. The summed E-state index contributed by atoms with van der Waals surface area (Å²) in [6, 6.07) is 0. The van der Waals surface area contributed by atoms with E-state index in [2.05, 4.69) is 0 Å². The van der Waals surface area contributed by atoms with Crippen LogP contribution in [0.1, 0.15) is 34.6 Å². The van der Waals surface area contributed by atoms with E-state index in [1.54, 1.807) is 27.7 Å². The van der Waals surface area contributed by atoms with Crippen LogP contribution < -0.4 is 0 Å². The van der Waals surface area contributed by atoms with Gasteiger partial charge in [0, 0.05) is 7.11 Å². The molecule has 0 spiro atoms. The van der Waals surface area contributed by atoms with Crippen molar-refractivity contribution in [2.75, 3.05) is 7.11 Å². The fourth-order valence-corrected chi connectivity index (χ4v) is 3.08. The summed E-state index contributed by atoms with van der Waals surface area (Å²) in [5.41, 5.74) is -3.63. The first kappa shape index (κ1) is 16.0. The Bertz CT molecular complexity index is 559. The van der Waals surface area contributed by atoms with Gasteiger partial charge in [-0.3, -0.25) is 14.4 Å². The molecule has 2 aliphatic rings. The van der Waals surface area contributed by atoms with Crippen LogP contribution in [0.3, 0.4) is 0 Å². The predicted octanol–water partition coefficient (Wildman–Crippen LogP) is 1.38. The number of ether oxygens (including phenoxy) is 1. The van der Waals surface area contributed by atoms with Crippen LogP contribution in [-0.4, -0.2) is 36.4 Å². The molecule has 1 fully saturated rings. The standard InChI is InChI=1S/C15H20O6/c1-12(2)10(17)9-7-14(5,8-16)20-21-15(9,19-6)13(3,4)11(12)18/h7-8H,1-6H3/t14-,15+/m0/s1. The quantitative estimate of drug-likeness (QED) is 0.435. The zero-order chi connectivity index (χ0) is 16.3. The van der Waals surface area contributed by atoms with E-state index in [0.29, 0.717) is 6.29 Å². The van der Waals surface area contributed by atoms with E-state index in [1.165, 1.54) is 20.1 Å². The first-order valence-electron chi connectivity index (χ1n) is 6.70. The Morgan fingerprint density at radius 2 is 1.67 bits per heavy atom. The van der Waals surface area contributed by atoms with Crippen LogP contribution in [0.25, 0.3) is 0 Å². The highest BCUT2D eigenvalue weighted by atomic mass is 17.2. The zero-order valence-corrected chi connectivity index (χ0v) is 13.1. The van der Waals surface area contributed by atoms with Crippen molar-refractivity contribution >= 4 is 17.9 Å². The normalized spacial score (nSPS) is 37.7. The SMILES string of the molecule is CO[C@@]12OO[C@](C)(C=O)C=C1C(=O)C(C)(C)C(=O)C2(C)C. The van der Waals surface area contributed by atoms with Crippen molar-refractivity contribution in [2.45, 2.75) is 46.0 Å². The van der Waals surface area contributed by atoms with Gasteiger partial charge in [0.15, 0.2) is 23.5 Å². The van der Waals surface area contributed by atoms with Crippen molar-refractivity contribution in [3.05, 3.63) is 11.6 Å². The number of methoxy groups -OCH3 is 1. The Kier molecular flexibility index (Phi) is 3.29. The van der Waals surface area contributed by atoms with Crippen LogP contribution in [0, 0.1) is 10.8 Å². The Hall–Kier alpha value is -1.37. The van der Waals surface area contributed by atoms with E-state index in [4.69, 9.17) is 14.5 Å².